The molecule has 0 aliphatic heterocycles. The van der Waals surface area contributed by atoms with Gasteiger partial charge >= 0.3 is 0 Å². The smallest absolute Gasteiger partial charge is 0.258 e. The van der Waals surface area contributed by atoms with Crippen molar-refractivity contribution in [2.24, 2.45) is 0 Å². The van der Waals surface area contributed by atoms with Crippen LogP contribution in [0.1, 0.15) is 15.9 Å². The summed E-state index contributed by atoms with van der Waals surface area (Å²) >= 11 is 3.43. The molecule has 0 aromatic heterocycles. The van der Waals surface area contributed by atoms with Crippen molar-refractivity contribution in [3.8, 4) is 11.5 Å². The number of hydrogen-bond donors (Lipinski definition) is 0. The highest BCUT2D eigenvalue weighted by atomic mass is 79.9. The molecular weight excluding hydrogens is 346 g/mol. The van der Waals surface area contributed by atoms with Crippen LogP contribution < -0.4 is 14.4 Å². The molecule has 0 N–H and O–H groups in total. The molecule has 2 aromatic rings. The third kappa shape index (κ3) is 3.42. The summed E-state index contributed by atoms with van der Waals surface area (Å²) in [6, 6.07) is 10.9. The van der Waals surface area contributed by atoms with Crippen LogP contribution in [0, 0.1) is 6.92 Å². The van der Waals surface area contributed by atoms with E-state index in [0.717, 1.165) is 15.7 Å². The number of amides is 1. The lowest BCUT2D eigenvalue weighted by Crippen LogP contribution is -2.27. The van der Waals surface area contributed by atoms with Crippen molar-refractivity contribution in [3.05, 3.63) is 52.0 Å². The molecule has 0 heterocycles. The van der Waals surface area contributed by atoms with Gasteiger partial charge in [0, 0.05) is 28.8 Å². The third-order valence-electron chi connectivity index (χ3n) is 3.42. The number of carbonyl (C=O) groups is 1. The van der Waals surface area contributed by atoms with Crippen molar-refractivity contribution in [1.82, 2.24) is 0 Å². The lowest BCUT2D eigenvalue weighted by molar-refractivity contribution is 0.0992. The largest absolute Gasteiger partial charge is 0.497 e. The highest BCUT2D eigenvalue weighted by Crippen LogP contribution is 2.27. The SMILES string of the molecule is COc1cc(OC)cc(C(=O)N(C)c2ccc(Br)cc2C)c1. The fourth-order valence-corrected chi connectivity index (χ4v) is 2.70. The molecule has 0 fully saturated rings. The van der Waals surface area contributed by atoms with E-state index < -0.39 is 0 Å². The third-order valence-corrected chi connectivity index (χ3v) is 3.92. The van der Waals surface area contributed by atoms with Gasteiger partial charge in [-0.3, -0.25) is 4.79 Å². The molecule has 0 aliphatic carbocycles. The van der Waals surface area contributed by atoms with Crippen LogP contribution in [0.15, 0.2) is 40.9 Å². The van der Waals surface area contributed by atoms with E-state index in [-0.39, 0.29) is 5.91 Å². The fraction of sp³-hybridized carbons (Fsp3) is 0.235. The van der Waals surface area contributed by atoms with Gasteiger partial charge in [-0.1, -0.05) is 15.9 Å². The molecule has 2 aromatic carbocycles. The van der Waals surface area contributed by atoms with Gasteiger partial charge in [0.25, 0.3) is 5.91 Å². The number of rotatable bonds is 4. The van der Waals surface area contributed by atoms with Crippen LogP contribution in [0.4, 0.5) is 5.69 Å². The maximum atomic E-state index is 12.7. The van der Waals surface area contributed by atoms with E-state index in [9.17, 15) is 4.79 Å². The summed E-state index contributed by atoms with van der Waals surface area (Å²) < 4.78 is 11.4. The minimum atomic E-state index is -0.123. The van der Waals surface area contributed by atoms with E-state index >= 15 is 0 Å². The van der Waals surface area contributed by atoms with E-state index in [1.54, 1.807) is 44.4 Å². The maximum Gasteiger partial charge on any atom is 0.258 e. The number of carbonyl (C=O) groups excluding carboxylic acids is 1. The molecule has 0 spiro atoms. The van der Waals surface area contributed by atoms with Crippen molar-refractivity contribution in [1.29, 1.82) is 0 Å². The van der Waals surface area contributed by atoms with Gasteiger partial charge in [-0.2, -0.15) is 0 Å². The maximum absolute atomic E-state index is 12.7. The standard InChI is InChI=1S/C17H18BrNO3/c1-11-7-13(18)5-6-16(11)19(2)17(20)12-8-14(21-3)10-15(9-12)22-4/h5-10H,1-4H3. The van der Waals surface area contributed by atoms with Crippen molar-refractivity contribution < 1.29 is 14.3 Å². The van der Waals surface area contributed by atoms with Crippen molar-refractivity contribution in [2.75, 3.05) is 26.2 Å². The summed E-state index contributed by atoms with van der Waals surface area (Å²) in [5.41, 5.74) is 2.39. The Labute approximate surface area is 138 Å². The van der Waals surface area contributed by atoms with Crippen LogP contribution in [0.2, 0.25) is 0 Å². The van der Waals surface area contributed by atoms with Gasteiger partial charge in [0.1, 0.15) is 11.5 Å². The summed E-state index contributed by atoms with van der Waals surface area (Å²) in [4.78, 5) is 14.3. The van der Waals surface area contributed by atoms with Crippen molar-refractivity contribution >= 4 is 27.5 Å². The predicted molar refractivity (Wildman–Crippen MR) is 91.2 cm³/mol. The van der Waals surface area contributed by atoms with E-state index in [0.29, 0.717) is 17.1 Å². The summed E-state index contributed by atoms with van der Waals surface area (Å²) in [5, 5.41) is 0. The van der Waals surface area contributed by atoms with Crippen LogP contribution in [0.3, 0.4) is 0 Å². The molecule has 1 amide bonds. The first kappa shape index (κ1) is 16.4. The number of methoxy groups -OCH3 is 2. The Bertz CT molecular complexity index is 678. The molecule has 0 bridgehead atoms. The summed E-state index contributed by atoms with van der Waals surface area (Å²) in [7, 11) is 4.88. The molecule has 0 saturated heterocycles. The highest BCUT2D eigenvalue weighted by molar-refractivity contribution is 9.10. The normalized spacial score (nSPS) is 10.2. The molecule has 5 heteroatoms. The van der Waals surface area contributed by atoms with E-state index in [1.807, 2.05) is 25.1 Å². The Hall–Kier alpha value is -2.01. The predicted octanol–water partition coefficient (Wildman–Crippen LogP) is 4.05. The first-order chi connectivity index (χ1) is 10.5. The molecule has 0 atom stereocenters. The number of nitrogens with zero attached hydrogens (tertiary/aromatic N) is 1. The molecule has 0 aliphatic rings. The Kier molecular flexibility index (Phi) is 5.08. The van der Waals surface area contributed by atoms with Crippen molar-refractivity contribution in [3.63, 3.8) is 0 Å². The molecule has 22 heavy (non-hydrogen) atoms. The topological polar surface area (TPSA) is 38.8 Å². The average Bonchev–Trinajstić information content (AvgIpc) is 2.53. The monoisotopic (exact) mass is 363 g/mol. The number of aryl methyl sites for hydroxylation is 1. The Balaban J connectivity index is 2.38. The minimum Gasteiger partial charge on any atom is -0.497 e. The van der Waals surface area contributed by atoms with Gasteiger partial charge in [-0.25, -0.2) is 0 Å². The van der Waals surface area contributed by atoms with Crippen LogP contribution in [0.5, 0.6) is 11.5 Å². The quantitative estimate of drug-likeness (QED) is 0.822. The molecule has 0 unspecified atom stereocenters. The number of anilines is 1. The number of benzene rings is 2. The van der Waals surface area contributed by atoms with Gasteiger partial charge in [0.2, 0.25) is 0 Å². The second-order valence-corrected chi connectivity index (χ2v) is 5.81. The number of hydrogen-bond acceptors (Lipinski definition) is 3. The summed E-state index contributed by atoms with van der Waals surface area (Å²) in [6.45, 7) is 1.97. The van der Waals surface area contributed by atoms with Gasteiger partial charge in [-0.15, -0.1) is 0 Å². The van der Waals surface area contributed by atoms with Gasteiger partial charge in [-0.05, 0) is 42.8 Å². The molecule has 0 saturated carbocycles. The zero-order valence-electron chi connectivity index (χ0n) is 13.0. The molecule has 2 rings (SSSR count). The number of ether oxygens (including phenoxy) is 2. The Morgan fingerprint density at radius 3 is 2.14 bits per heavy atom. The van der Waals surface area contributed by atoms with Crippen molar-refractivity contribution in [2.45, 2.75) is 6.92 Å². The highest BCUT2D eigenvalue weighted by Gasteiger charge is 2.17. The van der Waals surface area contributed by atoms with Crippen LogP contribution in [0.25, 0.3) is 0 Å². The second-order valence-electron chi connectivity index (χ2n) is 4.90. The first-order valence-electron chi connectivity index (χ1n) is 6.73. The van der Waals surface area contributed by atoms with Gasteiger partial charge < -0.3 is 14.4 Å². The lowest BCUT2D eigenvalue weighted by atomic mass is 10.1. The second kappa shape index (κ2) is 6.83. The zero-order chi connectivity index (χ0) is 16.3. The summed E-state index contributed by atoms with van der Waals surface area (Å²) in [6.07, 6.45) is 0. The lowest BCUT2D eigenvalue weighted by Gasteiger charge is -2.20. The van der Waals surface area contributed by atoms with Crippen LogP contribution >= 0.6 is 15.9 Å². The number of halogens is 1. The minimum absolute atomic E-state index is 0.123. The molecule has 4 nitrogen and oxygen atoms in total. The van der Waals surface area contributed by atoms with E-state index in [1.165, 1.54) is 0 Å². The molecular formula is C17H18BrNO3. The van der Waals surface area contributed by atoms with Gasteiger partial charge in [0.15, 0.2) is 0 Å². The van der Waals surface area contributed by atoms with Crippen LogP contribution in [-0.4, -0.2) is 27.2 Å². The first-order valence-corrected chi connectivity index (χ1v) is 7.53. The van der Waals surface area contributed by atoms with E-state index in [2.05, 4.69) is 15.9 Å². The van der Waals surface area contributed by atoms with E-state index in [4.69, 9.17) is 9.47 Å². The molecule has 116 valence electrons. The average molecular weight is 364 g/mol. The summed E-state index contributed by atoms with van der Waals surface area (Å²) in [5.74, 6) is 1.05. The van der Waals surface area contributed by atoms with Crippen LogP contribution in [-0.2, 0) is 0 Å². The Morgan fingerprint density at radius 1 is 1.05 bits per heavy atom. The Morgan fingerprint density at radius 2 is 1.64 bits per heavy atom. The molecule has 0 radical (unpaired) electrons. The fourth-order valence-electron chi connectivity index (χ4n) is 2.23. The van der Waals surface area contributed by atoms with Gasteiger partial charge in [0.05, 0.1) is 14.2 Å². The zero-order valence-corrected chi connectivity index (χ0v) is 14.6.